The quantitative estimate of drug-likeness (QED) is 0.850. The van der Waals surface area contributed by atoms with Crippen LogP contribution in [0.5, 0.6) is 0 Å². The standard InChI is InChI=1S/C11H18N2OS/c1-8-3-4-10(14-8)9(12-2)7-11-13-5-6-15-11/h5-6,8-10,12H,3-4,7H2,1-2H3. The van der Waals surface area contributed by atoms with E-state index >= 15 is 0 Å². The molecule has 2 rings (SSSR count). The molecule has 4 heteroatoms. The summed E-state index contributed by atoms with van der Waals surface area (Å²) in [7, 11) is 2.00. The highest BCUT2D eigenvalue weighted by atomic mass is 32.1. The maximum Gasteiger partial charge on any atom is 0.0941 e. The van der Waals surface area contributed by atoms with Crippen LogP contribution in [0, 0.1) is 0 Å². The zero-order valence-corrected chi connectivity index (χ0v) is 10.1. The summed E-state index contributed by atoms with van der Waals surface area (Å²) < 4.78 is 5.88. The smallest absolute Gasteiger partial charge is 0.0941 e. The van der Waals surface area contributed by atoms with Gasteiger partial charge in [0.25, 0.3) is 0 Å². The van der Waals surface area contributed by atoms with Gasteiger partial charge in [0, 0.05) is 24.0 Å². The van der Waals surface area contributed by atoms with Crippen LogP contribution in [-0.4, -0.2) is 30.3 Å². The number of likely N-dealkylation sites (N-methyl/N-ethyl adjacent to an activating group) is 1. The summed E-state index contributed by atoms with van der Waals surface area (Å²) >= 11 is 1.72. The van der Waals surface area contributed by atoms with E-state index in [1.165, 1.54) is 11.4 Å². The van der Waals surface area contributed by atoms with Gasteiger partial charge in [-0.2, -0.15) is 0 Å². The minimum absolute atomic E-state index is 0.355. The third-order valence-electron chi connectivity index (χ3n) is 2.96. The molecule has 1 aromatic rings. The average Bonchev–Trinajstić information content (AvgIpc) is 2.85. The second-order valence-electron chi connectivity index (χ2n) is 4.09. The molecule has 1 aliphatic heterocycles. The van der Waals surface area contributed by atoms with Gasteiger partial charge in [0.15, 0.2) is 0 Å². The molecule has 3 atom stereocenters. The van der Waals surface area contributed by atoms with Crippen LogP contribution in [0.3, 0.4) is 0 Å². The zero-order chi connectivity index (χ0) is 10.7. The van der Waals surface area contributed by atoms with Crippen molar-refractivity contribution in [1.82, 2.24) is 10.3 Å². The molecular formula is C11H18N2OS. The number of hydrogen-bond donors (Lipinski definition) is 1. The number of thiazole rings is 1. The third kappa shape index (κ3) is 2.77. The lowest BCUT2D eigenvalue weighted by atomic mass is 10.0. The van der Waals surface area contributed by atoms with Crippen molar-refractivity contribution >= 4 is 11.3 Å². The maximum absolute atomic E-state index is 5.88. The van der Waals surface area contributed by atoms with Gasteiger partial charge in [0.1, 0.15) is 0 Å². The Bertz CT molecular complexity index is 289. The second kappa shape index (κ2) is 5.05. The van der Waals surface area contributed by atoms with Crippen LogP contribution in [-0.2, 0) is 11.2 Å². The van der Waals surface area contributed by atoms with Gasteiger partial charge in [-0.25, -0.2) is 4.98 Å². The number of ether oxygens (including phenoxy) is 1. The van der Waals surface area contributed by atoms with E-state index in [1.807, 2.05) is 18.6 Å². The van der Waals surface area contributed by atoms with E-state index in [0.717, 1.165) is 12.8 Å². The number of nitrogens with zero attached hydrogens (tertiary/aromatic N) is 1. The van der Waals surface area contributed by atoms with E-state index < -0.39 is 0 Å². The predicted molar refractivity (Wildman–Crippen MR) is 62.2 cm³/mol. The molecule has 0 amide bonds. The van der Waals surface area contributed by atoms with Crippen molar-refractivity contribution in [2.24, 2.45) is 0 Å². The number of hydrogen-bond acceptors (Lipinski definition) is 4. The van der Waals surface area contributed by atoms with E-state index in [-0.39, 0.29) is 0 Å². The van der Waals surface area contributed by atoms with E-state index in [0.29, 0.717) is 18.2 Å². The third-order valence-corrected chi connectivity index (χ3v) is 3.76. The molecule has 0 spiro atoms. The SMILES string of the molecule is CNC(Cc1nccs1)C1CCC(C)O1. The van der Waals surface area contributed by atoms with Crippen LogP contribution < -0.4 is 5.32 Å². The minimum atomic E-state index is 0.355. The van der Waals surface area contributed by atoms with E-state index in [1.54, 1.807) is 11.3 Å². The van der Waals surface area contributed by atoms with E-state index in [2.05, 4.69) is 17.2 Å². The highest BCUT2D eigenvalue weighted by Gasteiger charge is 2.29. The predicted octanol–water partition coefficient (Wildman–Crippen LogP) is 1.84. The second-order valence-corrected chi connectivity index (χ2v) is 5.07. The van der Waals surface area contributed by atoms with Crippen molar-refractivity contribution in [1.29, 1.82) is 0 Å². The molecule has 15 heavy (non-hydrogen) atoms. The van der Waals surface area contributed by atoms with Crippen molar-refractivity contribution in [3.05, 3.63) is 16.6 Å². The molecule has 0 aromatic carbocycles. The summed E-state index contributed by atoms with van der Waals surface area (Å²) in [6.07, 6.45) is 5.96. The van der Waals surface area contributed by atoms with Crippen molar-refractivity contribution in [3.63, 3.8) is 0 Å². The summed E-state index contributed by atoms with van der Waals surface area (Å²) in [5.41, 5.74) is 0. The monoisotopic (exact) mass is 226 g/mol. The lowest BCUT2D eigenvalue weighted by Gasteiger charge is -2.22. The number of aromatic nitrogens is 1. The lowest BCUT2D eigenvalue weighted by Crippen LogP contribution is -2.39. The molecule has 1 aliphatic rings. The highest BCUT2D eigenvalue weighted by molar-refractivity contribution is 7.09. The van der Waals surface area contributed by atoms with Gasteiger partial charge in [0.2, 0.25) is 0 Å². The van der Waals surface area contributed by atoms with Gasteiger partial charge in [-0.05, 0) is 26.8 Å². The van der Waals surface area contributed by atoms with Crippen molar-refractivity contribution in [2.75, 3.05) is 7.05 Å². The van der Waals surface area contributed by atoms with Crippen molar-refractivity contribution < 1.29 is 4.74 Å². The Balaban J connectivity index is 1.92. The molecule has 0 aliphatic carbocycles. The zero-order valence-electron chi connectivity index (χ0n) is 9.27. The van der Waals surface area contributed by atoms with Gasteiger partial charge in [-0.1, -0.05) is 0 Å². The van der Waals surface area contributed by atoms with E-state index in [9.17, 15) is 0 Å². The Morgan fingerprint density at radius 2 is 2.53 bits per heavy atom. The average molecular weight is 226 g/mol. The molecule has 0 bridgehead atoms. The van der Waals surface area contributed by atoms with Gasteiger partial charge in [-0.3, -0.25) is 0 Å². The summed E-state index contributed by atoms with van der Waals surface area (Å²) in [6.45, 7) is 2.15. The maximum atomic E-state index is 5.88. The molecular weight excluding hydrogens is 208 g/mol. The Morgan fingerprint density at radius 3 is 3.07 bits per heavy atom. The Labute approximate surface area is 94.9 Å². The summed E-state index contributed by atoms with van der Waals surface area (Å²) in [4.78, 5) is 4.32. The van der Waals surface area contributed by atoms with Crippen molar-refractivity contribution in [2.45, 2.75) is 44.4 Å². The van der Waals surface area contributed by atoms with Crippen LogP contribution in [0.1, 0.15) is 24.8 Å². The Hall–Kier alpha value is -0.450. The molecule has 1 fully saturated rings. The molecule has 0 radical (unpaired) electrons. The normalized spacial score (nSPS) is 28.1. The molecule has 84 valence electrons. The van der Waals surface area contributed by atoms with Crippen LogP contribution in [0.15, 0.2) is 11.6 Å². The summed E-state index contributed by atoms with van der Waals surface area (Å²) in [5, 5.41) is 6.56. The topological polar surface area (TPSA) is 34.2 Å². The van der Waals surface area contributed by atoms with Crippen LogP contribution in [0.2, 0.25) is 0 Å². The van der Waals surface area contributed by atoms with Crippen molar-refractivity contribution in [3.8, 4) is 0 Å². The van der Waals surface area contributed by atoms with E-state index in [4.69, 9.17) is 4.74 Å². The van der Waals surface area contributed by atoms with Crippen LogP contribution >= 0.6 is 11.3 Å². The Morgan fingerprint density at radius 1 is 1.67 bits per heavy atom. The Kier molecular flexibility index (Phi) is 3.72. The fraction of sp³-hybridized carbons (Fsp3) is 0.727. The number of nitrogens with one attached hydrogen (secondary N) is 1. The fourth-order valence-electron chi connectivity index (χ4n) is 2.09. The molecule has 0 saturated carbocycles. The van der Waals surface area contributed by atoms with Gasteiger partial charge in [0.05, 0.1) is 17.2 Å². The fourth-order valence-corrected chi connectivity index (χ4v) is 2.77. The first kappa shape index (κ1) is 11.0. The minimum Gasteiger partial charge on any atom is -0.374 e. The first-order valence-corrected chi connectivity index (χ1v) is 6.38. The first-order chi connectivity index (χ1) is 7.29. The first-order valence-electron chi connectivity index (χ1n) is 5.50. The lowest BCUT2D eigenvalue weighted by molar-refractivity contribution is 0.0337. The highest BCUT2D eigenvalue weighted by Crippen LogP contribution is 2.23. The van der Waals surface area contributed by atoms with Gasteiger partial charge < -0.3 is 10.1 Å². The summed E-state index contributed by atoms with van der Waals surface area (Å²) in [6, 6.07) is 0.404. The van der Waals surface area contributed by atoms with Gasteiger partial charge in [-0.15, -0.1) is 11.3 Å². The largest absolute Gasteiger partial charge is 0.374 e. The summed E-state index contributed by atoms with van der Waals surface area (Å²) in [5.74, 6) is 0. The molecule has 1 aromatic heterocycles. The molecule has 1 saturated heterocycles. The molecule has 2 heterocycles. The molecule has 3 unspecified atom stereocenters. The van der Waals surface area contributed by atoms with Crippen LogP contribution in [0.4, 0.5) is 0 Å². The molecule has 1 N–H and O–H groups in total. The number of rotatable bonds is 4. The molecule has 3 nitrogen and oxygen atoms in total. The van der Waals surface area contributed by atoms with Crippen LogP contribution in [0.25, 0.3) is 0 Å². The van der Waals surface area contributed by atoms with Gasteiger partial charge >= 0.3 is 0 Å².